The Labute approximate surface area is 165 Å². The van der Waals surface area contributed by atoms with Crippen molar-refractivity contribution in [3.05, 3.63) is 58.9 Å². The summed E-state index contributed by atoms with van der Waals surface area (Å²) in [6.45, 7) is 1.45. The largest absolute Gasteiger partial charge is 0.368 e. The van der Waals surface area contributed by atoms with Gasteiger partial charge in [0.1, 0.15) is 17.4 Å². The van der Waals surface area contributed by atoms with Gasteiger partial charge in [0.15, 0.2) is 0 Å². The number of rotatable bonds is 3. The second kappa shape index (κ2) is 7.53. The van der Waals surface area contributed by atoms with Gasteiger partial charge in [0.25, 0.3) is 0 Å². The molecule has 1 heterocycles. The summed E-state index contributed by atoms with van der Waals surface area (Å²) in [6.07, 6.45) is 4.21. The highest BCUT2D eigenvalue weighted by Gasteiger charge is 2.30. The first-order chi connectivity index (χ1) is 13.5. The molecule has 2 aromatic carbocycles. The third-order valence-electron chi connectivity index (χ3n) is 5.64. The van der Waals surface area contributed by atoms with Crippen LogP contribution in [0, 0.1) is 17.1 Å². The van der Waals surface area contributed by atoms with Gasteiger partial charge < -0.3 is 4.90 Å². The molecule has 0 spiro atoms. The van der Waals surface area contributed by atoms with Crippen LogP contribution in [0.3, 0.4) is 0 Å². The van der Waals surface area contributed by atoms with Gasteiger partial charge in [0.2, 0.25) is 10.0 Å². The molecule has 0 bridgehead atoms. The van der Waals surface area contributed by atoms with Crippen molar-refractivity contribution in [1.82, 2.24) is 4.31 Å². The molecule has 28 heavy (non-hydrogen) atoms. The minimum absolute atomic E-state index is 0.00787. The monoisotopic (exact) mass is 399 g/mol. The lowest BCUT2D eigenvalue weighted by molar-refractivity contribution is 0.384. The average Bonchev–Trinajstić information content (AvgIpc) is 2.73. The Morgan fingerprint density at radius 3 is 2.39 bits per heavy atom. The van der Waals surface area contributed by atoms with E-state index in [0.29, 0.717) is 36.8 Å². The van der Waals surface area contributed by atoms with Crippen molar-refractivity contribution < 1.29 is 12.8 Å². The van der Waals surface area contributed by atoms with Crippen LogP contribution in [0.5, 0.6) is 0 Å². The second-order valence-corrected chi connectivity index (χ2v) is 9.21. The normalized spacial score (nSPS) is 17.8. The zero-order valence-electron chi connectivity index (χ0n) is 15.6. The Balaban J connectivity index is 1.52. The van der Waals surface area contributed by atoms with Gasteiger partial charge in [-0.1, -0.05) is 12.1 Å². The smallest absolute Gasteiger partial charge is 0.243 e. The fraction of sp³-hybridized carbons (Fsp3) is 0.381. The van der Waals surface area contributed by atoms with E-state index in [-0.39, 0.29) is 5.56 Å². The van der Waals surface area contributed by atoms with E-state index in [1.54, 1.807) is 18.2 Å². The molecule has 0 amide bonds. The molecule has 146 valence electrons. The molecule has 1 aliphatic heterocycles. The number of benzene rings is 2. The van der Waals surface area contributed by atoms with Crippen LogP contribution in [-0.4, -0.2) is 38.9 Å². The maximum atomic E-state index is 13.9. The average molecular weight is 399 g/mol. The Morgan fingerprint density at radius 1 is 0.964 bits per heavy atom. The SMILES string of the molecule is N#Cc1c(F)cccc1N1CCN(S(=O)(=O)c2ccc3c(c2)CCCC3)CC1. The maximum absolute atomic E-state index is 13.9. The van der Waals surface area contributed by atoms with Crippen molar-refractivity contribution in [3.63, 3.8) is 0 Å². The standard InChI is InChI=1S/C21H22FN3O2S/c22-20-6-3-7-21(19(20)15-23)24-10-12-25(13-11-24)28(26,27)18-9-8-16-4-1-2-5-17(16)14-18/h3,6-9,14H,1-2,4-5,10-13H2. The van der Waals surface area contributed by atoms with E-state index in [9.17, 15) is 18.1 Å². The summed E-state index contributed by atoms with van der Waals surface area (Å²) < 4.78 is 41.5. The van der Waals surface area contributed by atoms with Gasteiger partial charge in [-0.05, 0) is 61.1 Å². The number of fused-ring (bicyclic) bond motifs is 1. The van der Waals surface area contributed by atoms with Gasteiger partial charge in [-0.2, -0.15) is 9.57 Å². The van der Waals surface area contributed by atoms with Crippen LogP contribution < -0.4 is 4.90 Å². The van der Waals surface area contributed by atoms with Gasteiger partial charge in [-0.25, -0.2) is 12.8 Å². The molecule has 2 aromatic rings. The van der Waals surface area contributed by atoms with Crippen molar-refractivity contribution in [2.24, 2.45) is 0 Å². The predicted octanol–water partition coefficient (Wildman–Crippen LogP) is 3.09. The molecular weight excluding hydrogens is 377 g/mol. The molecule has 0 N–H and O–H groups in total. The van der Waals surface area contributed by atoms with E-state index >= 15 is 0 Å². The highest BCUT2D eigenvalue weighted by molar-refractivity contribution is 7.89. The number of nitrogens with zero attached hydrogens (tertiary/aromatic N) is 3. The summed E-state index contributed by atoms with van der Waals surface area (Å²) in [4.78, 5) is 2.23. The molecule has 0 unspecified atom stereocenters. The van der Waals surface area contributed by atoms with Gasteiger partial charge in [-0.15, -0.1) is 0 Å². The lowest BCUT2D eigenvalue weighted by atomic mass is 9.92. The fourth-order valence-electron chi connectivity index (χ4n) is 4.08. The van der Waals surface area contributed by atoms with Crippen LogP contribution >= 0.6 is 0 Å². The number of halogens is 1. The van der Waals surface area contributed by atoms with Gasteiger partial charge in [-0.3, -0.25) is 0 Å². The lowest BCUT2D eigenvalue weighted by Crippen LogP contribution is -2.48. The Hall–Kier alpha value is -2.43. The number of sulfonamides is 1. The molecule has 1 fully saturated rings. The van der Waals surface area contributed by atoms with E-state index in [1.807, 2.05) is 23.1 Å². The summed E-state index contributed by atoms with van der Waals surface area (Å²) in [6, 6.07) is 11.9. The van der Waals surface area contributed by atoms with Crippen molar-refractivity contribution in [1.29, 1.82) is 5.26 Å². The van der Waals surface area contributed by atoms with E-state index in [1.165, 1.54) is 15.9 Å². The molecule has 0 atom stereocenters. The molecule has 7 heteroatoms. The summed E-state index contributed by atoms with van der Waals surface area (Å²) in [5.41, 5.74) is 2.93. The summed E-state index contributed by atoms with van der Waals surface area (Å²) >= 11 is 0. The Morgan fingerprint density at radius 2 is 1.68 bits per heavy atom. The van der Waals surface area contributed by atoms with Crippen LogP contribution in [0.4, 0.5) is 10.1 Å². The molecule has 5 nitrogen and oxygen atoms in total. The number of piperazine rings is 1. The number of nitriles is 1. The summed E-state index contributed by atoms with van der Waals surface area (Å²) in [7, 11) is -3.56. The number of anilines is 1. The van der Waals surface area contributed by atoms with Gasteiger partial charge >= 0.3 is 0 Å². The van der Waals surface area contributed by atoms with Crippen LogP contribution in [0.2, 0.25) is 0 Å². The number of hydrogen-bond acceptors (Lipinski definition) is 4. The molecular formula is C21H22FN3O2S. The van der Waals surface area contributed by atoms with E-state index < -0.39 is 15.8 Å². The molecule has 2 aliphatic rings. The second-order valence-electron chi connectivity index (χ2n) is 7.27. The molecule has 4 rings (SSSR count). The molecule has 0 saturated carbocycles. The first kappa shape index (κ1) is 18.9. The van der Waals surface area contributed by atoms with Gasteiger partial charge in [0, 0.05) is 26.2 Å². The van der Waals surface area contributed by atoms with Crippen LogP contribution in [0.1, 0.15) is 29.5 Å². The maximum Gasteiger partial charge on any atom is 0.243 e. The topological polar surface area (TPSA) is 64.4 Å². The minimum atomic E-state index is -3.56. The van der Waals surface area contributed by atoms with Gasteiger partial charge in [0.05, 0.1) is 10.6 Å². The Kier molecular flexibility index (Phi) is 5.09. The summed E-state index contributed by atoms with van der Waals surface area (Å²) in [5, 5.41) is 9.23. The fourth-order valence-corrected chi connectivity index (χ4v) is 5.55. The van der Waals surface area contributed by atoms with E-state index in [4.69, 9.17) is 0 Å². The Bertz CT molecular complexity index is 1040. The molecule has 0 radical (unpaired) electrons. The van der Waals surface area contributed by atoms with Crippen LogP contribution in [-0.2, 0) is 22.9 Å². The highest BCUT2D eigenvalue weighted by atomic mass is 32.2. The van der Waals surface area contributed by atoms with Crippen molar-refractivity contribution in [2.45, 2.75) is 30.6 Å². The zero-order chi connectivity index (χ0) is 19.7. The minimum Gasteiger partial charge on any atom is -0.368 e. The lowest BCUT2D eigenvalue weighted by Gasteiger charge is -2.35. The number of hydrogen-bond donors (Lipinski definition) is 0. The quantitative estimate of drug-likeness (QED) is 0.796. The first-order valence-electron chi connectivity index (χ1n) is 9.56. The molecule has 1 aliphatic carbocycles. The molecule has 0 aromatic heterocycles. The first-order valence-corrected chi connectivity index (χ1v) is 11.0. The zero-order valence-corrected chi connectivity index (χ0v) is 16.4. The van der Waals surface area contributed by atoms with E-state index in [2.05, 4.69) is 0 Å². The van der Waals surface area contributed by atoms with Crippen LogP contribution in [0.15, 0.2) is 41.3 Å². The van der Waals surface area contributed by atoms with E-state index in [0.717, 1.165) is 31.2 Å². The molecule has 1 saturated heterocycles. The van der Waals surface area contributed by atoms with Crippen LogP contribution in [0.25, 0.3) is 0 Å². The summed E-state index contributed by atoms with van der Waals surface area (Å²) in [5.74, 6) is -0.552. The van der Waals surface area contributed by atoms with Crippen molar-refractivity contribution in [3.8, 4) is 6.07 Å². The highest BCUT2D eigenvalue weighted by Crippen LogP contribution is 2.28. The third kappa shape index (κ3) is 3.38. The van der Waals surface area contributed by atoms with Crippen molar-refractivity contribution in [2.75, 3.05) is 31.1 Å². The number of aryl methyl sites for hydroxylation is 2. The van der Waals surface area contributed by atoms with Crippen molar-refractivity contribution >= 4 is 15.7 Å². The third-order valence-corrected chi connectivity index (χ3v) is 7.54. The predicted molar refractivity (Wildman–Crippen MR) is 105 cm³/mol.